The zero-order valence-electron chi connectivity index (χ0n) is 17.4. The van der Waals surface area contributed by atoms with E-state index in [9.17, 15) is 24.3 Å². The van der Waals surface area contributed by atoms with Crippen molar-refractivity contribution in [3.05, 3.63) is 36.0 Å². The second kappa shape index (κ2) is 10.2. The van der Waals surface area contributed by atoms with Gasteiger partial charge in [-0.1, -0.05) is 18.2 Å². The lowest BCUT2D eigenvalue weighted by atomic mass is 10.0. The first-order valence-electron chi connectivity index (χ1n) is 10.3. The number of carbonyl (C=O) groups is 4. The Labute approximate surface area is 183 Å². The molecule has 1 fully saturated rings. The molecule has 0 aliphatic carbocycles. The number of carbonyl (C=O) groups excluding carboxylic acids is 3. The Morgan fingerprint density at radius 2 is 2.00 bits per heavy atom. The first kappa shape index (κ1) is 23.2. The van der Waals surface area contributed by atoms with Crippen molar-refractivity contribution in [2.24, 2.45) is 5.73 Å². The molecule has 0 spiro atoms. The summed E-state index contributed by atoms with van der Waals surface area (Å²) in [5, 5.41) is 23.8. The van der Waals surface area contributed by atoms with Gasteiger partial charge in [-0.25, -0.2) is 0 Å². The Balaban J connectivity index is 1.83. The van der Waals surface area contributed by atoms with E-state index in [0.29, 0.717) is 19.4 Å². The fourth-order valence-corrected chi connectivity index (χ4v) is 3.87. The van der Waals surface area contributed by atoms with Gasteiger partial charge < -0.3 is 36.5 Å². The molecular weight excluding hydrogens is 418 g/mol. The topological polar surface area (TPSA) is 178 Å². The smallest absolute Gasteiger partial charge is 0.322 e. The van der Waals surface area contributed by atoms with Gasteiger partial charge in [-0.3, -0.25) is 19.2 Å². The van der Waals surface area contributed by atoms with Gasteiger partial charge in [0, 0.05) is 30.1 Å². The first-order chi connectivity index (χ1) is 15.3. The lowest BCUT2D eigenvalue weighted by Gasteiger charge is -2.29. The number of nitrogens with zero attached hydrogens (tertiary/aromatic N) is 1. The summed E-state index contributed by atoms with van der Waals surface area (Å²) in [5.41, 5.74) is 7.28. The summed E-state index contributed by atoms with van der Waals surface area (Å²) in [6.45, 7) is -0.821. The third kappa shape index (κ3) is 5.24. The van der Waals surface area contributed by atoms with Crippen molar-refractivity contribution in [2.75, 3.05) is 19.7 Å². The predicted octanol–water partition coefficient (Wildman–Crippen LogP) is -1.29. The molecule has 172 valence electrons. The Morgan fingerprint density at radius 3 is 2.72 bits per heavy atom. The maximum Gasteiger partial charge on any atom is 0.322 e. The quantitative estimate of drug-likeness (QED) is 0.278. The molecule has 0 bridgehead atoms. The molecule has 0 radical (unpaired) electrons. The SMILES string of the molecule is NC(CO)C(=O)NC(Cc1c[nH]c2ccccc12)C(=O)N1CCCC1C(=O)NCC(=O)O. The van der Waals surface area contributed by atoms with Crippen molar-refractivity contribution in [2.45, 2.75) is 37.4 Å². The number of nitrogens with two attached hydrogens (primary N) is 1. The van der Waals surface area contributed by atoms with Gasteiger partial charge in [0.2, 0.25) is 17.7 Å². The largest absolute Gasteiger partial charge is 0.480 e. The molecule has 3 amide bonds. The van der Waals surface area contributed by atoms with E-state index in [0.717, 1.165) is 16.5 Å². The van der Waals surface area contributed by atoms with Crippen LogP contribution < -0.4 is 16.4 Å². The molecule has 3 rings (SSSR count). The number of fused-ring (bicyclic) bond motifs is 1. The molecule has 1 aromatic heterocycles. The minimum absolute atomic E-state index is 0.146. The van der Waals surface area contributed by atoms with Gasteiger partial charge in [0.1, 0.15) is 24.7 Å². The monoisotopic (exact) mass is 445 g/mol. The highest BCUT2D eigenvalue weighted by Crippen LogP contribution is 2.23. The van der Waals surface area contributed by atoms with Crippen molar-refractivity contribution in [1.29, 1.82) is 0 Å². The third-order valence-electron chi connectivity index (χ3n) is 5.50. The highest BCUT2D eigenvalue weighted by Gasteiger charge is 2.38. The molecule has 1 saturated heterocycles. The highest BCUT2D eigenvalue weighted by molar-refractivity contribution is 5.95. The van der Waals surface area contributed by atoms with Gasteiger partial charge in [0.25, 0.3) is 0 Å². The molecule has 7 N–H and O–H groups in total. The van der Waals surface area contributed by atoms with Crippen LogP contribution in [-0.2, 0) is 25.6 Å². The number of hydrogen-bond donors (Lipinski definition) is 6. The molecule has 1 aromatic carbocycles. The van der Waals surface area contributed by atoms with Crippen molar-refractivity contribution in [1.82, 2.24) is 20.5 Å². The minimum atomic E-state index is -1.19. The van der Waals surface area contributed by atoms with Crippen LogP contribution in [0, 0.1) is 0 Å². The summed E-state index contributed by atoms with van der Waals surface area (Å²) in [6.07, 6.45) is 2.86. The van der Waals surface area contributed by atoms with Crippen LogP contribution in [0.25, 0.3) is 10.9 Å². The van der Waals surface area contributed by atoms with Crippen molar-refractivity contribution in [3.8, 4) is 0 Å². The molecular formula is C21H27N5O6. The number of nitrogens with one attached hydrogen (secondary N) is 3. The van der Waals surface area contributed by atoms with Crippen LogP contribution in [0.2, 0.25) is 0 Å². The Morgan fingerprint density at radius 1 is 1.25 bits per heavy atom. The number of benzene rings is 1. The molecule has 2 aromatic rings. The summed E-state index contributed by atoms with van der Waals surface area (Å²) < 4.78 is 0. The average Bonchev–Trinajstić information content (AvgIpc) is 3.43. The van der Waals surface area contributed by atoms with Crippen molar-refractivity contribution < 1.29 is 29.4 Å². The predicted molar refractivity (Wildman–Crippen MR) is 114 cm³/mol. The van der Waals surface area contributed by atoms with Crippen LogP contribution in [0.3, 0.4) is 0 Å². The zero-order valence-corrected chi connectivity index (χ0v) is 17.4. The Bertz CT molecular complexity index is 1010. The molecule has 11 nitrogen and oxygen atoms in total. The molecule has 1 aliphatic heterocycles. The van der Waals surface area contributed by atoms with Crippen LogP contribution in [0.15, 0.2) is 30.5 Å². The maximum absolute atomic E-state index is 13.4. The van der Waals surface area contributed by atoms with Gasteiger partial charge in [0.15, 0.2) is 0 Å². The van der Waals surface area contributed by atoms with E-state index in [1.54, 1.807) is 6.20 Å². The molecule has 2 heterocycles. The summed E-state index contributed by atoms with van der Waals surface area (Å²) >= 11 is 0. The molecule has 3 unspecified atom stereocenters. The summed E-state index contributed by atoms with van der Waals surface area (Å²) in [4.78, 5) is 53.5. The Kier molecular flexibility index (Phi) is 7.44. The molecule has 1 aliphatic rings. The number of H-pyrrole nitrogens is 1. The number of rotatable bonds is 9. The zero-order chi connectivity index (χ0) is 23.3. The second-order valence-corrected chi connectivity index (χ2v) is 7.72. The highest BCUT2D eigenvalue weighted by atomic mass is 16.4. The standard InChI is InChI=1S/C21H27N5O6/c22-14(11-27)19(30)25-16(8-12-9-23-15-5-2-1-4-13(12)15)21(32)26-7-3-6-17(26)20(31)24-10-18(28)29/h1-2,4-5,9,14,16-17,23,27H,3,6-8,10-11,22H2,(H,24,31)(H,25,30)(H,28,29). The van der Waals surface area contributed by atoms with E-state index < -0.39 is 55.0 Å². The maximum atomic E-state index is 13.4. The summed E-state index contributed by atoms with van der Waals surface area (Å²) in [6, 6.07) is 4.48. The number of hydrogen-bond acceptors (Lipinski definition) is 6. The number of aliphatic hydroxyl groups excluding tert-OH is 1. The van der Waals surface area contributed by atoms with Gasteiger partial charge in [-0.15, -0.1) is 0 Å². The number of aliphatic hydroxyl groups is 1. The molecule has 3 atom stereocenters. The van der Waals surface area contributed by atoms with Crippen LogP contribution in [0.5, 0.6) is 0 Å². The van der Waals surface area contributed by atoms with E-state index in [2.05, 4.69) is 15.6 Å². The number of carboxylic acid groups (broad SMARTS) is 1. The summed E-state index contributed by atoms with van der Waals surface area (Å²) in [5.74, 6) is -2.89. The van der Waals surface area contributed by atoms with E-state index in [-0.39, 0.29) is 6.42 Å². The van der Waals surface area contributed by atoms with E-state index >= 15 is 0 Å². The average molecular weight is 445 g/mol. The lowest BCUT2D eigenvalue weighted by Crippen LogP contribution is -2.57. The molecule has 11 heteroatoms. The number of aliphatic carboxylic acids is 1. The van der Waals surface area contributed by atoms with Crippen molar-refractivity contribution in [3.63, 3.8) is 0 Å². The van der Waals surface area contributed by atoms with Gasteiger partial charge >= 0.3 is 5.97 Å². The number of amides is 3. The van der Waals surface area contributed by atoms with E-state index in [1.165, 1.54) is 4.90 Å². The fraction of sp³-hybridized carbons (Fsp3) is 0.429. The third-order valence-corrected chi connectivity index (χ3v) is 5.50. The van der Waals surface area contributed by atoms with Gasteiger partial charge in [-0.05, 0) is 24.5 Å². The van der Waals surface area contributed by atoms with Crippen LogP contribution in [-0.4, -0.2) is 81.6 Å². The summed E-state index contributed by atoms with van der Waals surface area (Å²) in [7, 11) is 0. The molecule has 32 heavy (non-hydrogen) atoms. The second-order valence-electron chi connectivity index (χ2n) is 7.72. The number of aromatic nitrogens is 1. The van der Waals surface area contributed by atoms with Crippen LogP contribution in [0.4, 0.5) is 0 Å². The van der Waals surface area contributed by atoms with Gasteiger partial charge in [-0.2, -0.15) is 0 Å². The van der Waals surface area contributed by atoms with Crippen LogP contribution in [0.1, 0.15) is 18.4 Å². The van der Waals surface area contributed by atoms with Crippen molar-refractivity contribution >= 4 is 34.6 Å². The number of carboxylic acids is 1. The van der Waals surface area contributed by atoms with Crippen LogP contribution >= 0.6 is 0 Å². The lowest BCUT2D eigenvalue weighted by molar-refractivity contribution is -0.143. The van der Waals surface area contributed by atoms with Gasteiger partial charge in [0.05, 0.1) is 6.61 Å². The number of aromatic amines is 1. The number of para-hydroxylation sites is 1. The van der Waals surface area contributed by atoms with E-state index in [1.807, 2.05) is 24.3 Å². The first-order valence-corrected chi connectivity index (χ1v) is 10.3. The number of likely N-dealkylation sites (tertiary alicyclic amines) is 1. The molecule has 0 saturated carbocycles. The normalized spacial score (nSPS) is 17.7. The minimum Gasteiger partial charge on any atom is -0.480 e. The van der Waals surface area contributed by atoms with E-state index in [4.69, 9.17) is 10.8 Å². The Hall–Kier alpha value is -3.44. The fourth-order valence-electron chi connectivity index (χ4n) is 3.87.